The zero-order valence-corrected chi connectivity index (χ0v) is 23.0. The van der Waals surface area contributed by atoms with Gasteiger partial charge < -0.3 is 24.2 Å². The Labute approximate surface area is 241 Å². The number of ketones is 2. The number of imide groups is 1. The van der Waals surface area contributed by atoms with Crippen molar-refractivity contribution in [2.24, 2.45) is 0 Å². The monoisotopic (exact) mass is 579 g/mol. The number of amides is 2. The molecule has 12 heteroatoms. The summed E-state index contributed by atoms with van der Waals surface area (Å²) in [4.78, 5) is 76.3. The largest absolute Gasteiger partial charge is 0.504 e. The van der Waals surface area contributed by atoms with Crippen LogP contribution in [-0.2, 0) is 33.6 Å². The molecule has 1 N–H and O–H groups in total. The van der Waals surface area contributed by atoms with E-state index in [1.54, 1.807) is 18.2 Å². The number of carbonyl (C=O) groups excluding carboxylic acids is 6. The maximum absolute atomic E-state index is 12.3. The first-order valence-electron chi connectivity index (χ1n) is 12.8. The van der Waals surface area contributed by atoms with Crippen LogP contribution >= 0.6 is 0 Å². The zero-order valence-electron chi connectivity index (χ0n) is 23.0. The van der Waals surface area contributed by atoms with Crippen molar-refractivity contribution in [3.8, 4) is 23.0 Å². The molecule has 0 aliphatic carbocycles. The first-order chi connectivity index (χ1) is 20.1. The van der Waals surface area contributed by atoms with Gasteiger partial charge in [0.15, 0.2) is 34.6 Å². The van der Waals surface area contributed by atoms with Crippen LogP contribution in [0.2, 0.25) is 0 Å². The summed E-state index contributed by atoms with van der Waals surface area (Å²) in [5.74, 6) is -2.92. The predicted octanol–water partition coefficient (Wildman–Crippen LogP) is 3.35. The average molecular weight is 580 g/mol. The van der Waals surface area contributed by atoms with Crippen LogP contribution in [0.25, 0.3) is 12.2 Å². The van der Waals surface area contributed by atoms with E-state index < -0.39 is 35.3 Å². The summed E-state index contributed by atoms with van der Waals surface area (Å²) in [5, 5.41) is 10.1. The van der Waals surface area contributed by atoms with E-state index in [9.17, 15) is 33.9 Å². The number of ether oxygens (including phenoxy) is 3. The van der Waals surface area contributed by atoms with Gasteiger partial charge in [0.25, 0.3) is 11.8 Å². The lowest BCUT2D eigenvalue weighted by molar-refractivity contribution is -0.197. The van der Waals surface area contributed by atoms with E-state index in [1.807, 2.05) is 0 Å². The molecule has 2 aromatic carbocycles. The minimum absolute atomic E-state index is 0.0118. The molecule has 3 rings (SSSR count). The van der Waals surface area contributed by atoms with Gasteiger partial charge in [0, 0.05) is 25.7 Å². The van der Waals surface area contributed by atoms with Gasteiger partial charge in [0.2, 0.25) is 0 Å². The molecular formula is C30H29NO11. The van der Waals surface area contributed by atoms with Gasteiger partial charge in [-0.05, 0) is 54.0 Å². The van der Waals surface area contributed by atoms with Crippen LogP contribution < -0.4 is 14.2 Å². The minimum Gasteiger partial charge on any atom is -0.504 e. The van der Waals surface area contributed by atoms with E-state index in [2.05, 4.69) is 0 Å². The minimum atomic E-state index is -0.814. The number of rotatable bonds is 14. The number of phenols is 1. The lowest BCUT2D eigenvalue weighted by Crippen LogP contribution is -2.32. The Morgan fingerprint density at radius 2 is 1.33 bits per heavy atom. The van der Waals surface area contributed by atoms with Gasteiger partial charge in [-0.2, -0.15) is 0 Å². The number of methoxy groups -OCH3 is 2. The van der Waals surface area contributed by atoms with Crippen molar-refractivity contribution in [1.82, 2.24) is 5.06 Å². The highest BCUT2D eigenvalue weighted by Crippen LogP contribution is 2.29. The smallest absolute Gasteiger partial charge is 0.333 e. The maximum Gasteiger partial charge on any atom is 0.333 e. The average Bonchev–Trinajstić information content (AvgIpc) is 3.28. The third-order valence-corrected chi connectivity index (χ3v) is 5.85. The van der Waals surface area contributed by atoms with Crippen molar-refractivity contribution >= 4 is 47.5 Å². The lowest BCUT2D eigenvalue weighted by atomic mass is 10.1. The summed E-state index contributed by atoms with van der Waals surface area (Å²) >= 11 is 0. The molecule has 1 heterocycles. The number of hydrogen-bond donors (Lipinski definition) is 1. The molecule has 1 saturated heterocycles. The fourth-order valence-corrected chi connectivity index (χ4v) is 3.69. The maximum atomic E-state index is 12.3. The third-order valence-electron chi connectivity index (χ3n) is 5.85. The van der Waals surface area contributed by atoms with E-state index in [-0.39, 0.29) is 61.5 Å². The number of hydrogen-bond acceptors (Lipinski definition) is 11. The predicted molar refractivity (Wildman–Crippen MR) is 147 cm³/mol. The van der Waals surface area contributed by atoms with Crippen LogP contribution in [0.15, 0.2) is 48.6 Å². The number of allylic oxidation sites excluding steroid dienone is 2. The second-order valence-corrected chi connectivity index (χ2v) is 8.99. The molecule has 0 atom stereocenters. The van der Waals surface area contributed by atoms with E-state index in [4.69, 9.17) is 19.0 Å². The standard InChI is InChI=1S/C30H29NO11/c1-39-25-16-19(8-12-23(25)34)6-10-21(32)18-22(33)11-7-20-9-13-24(26(17-20)40-2)41-29(37)4-3-5-30(38)42-31-27(35)14-15-28(31)36/h6-13,16-17,34H,3-5,14-15,18H2,1-2H3/b10-6-,11-7-. The van der Waals surface area contributed by atoms with Crippen LogP contribution in [0, 0.1) is 0 Å². The number of benzene rings is 2. The van der Waals surface area contributed by atoms with E-state index >= 15 is 0 Å². The summed E-state index contributed by atoms with van der Waals surface area (Å²) in [5.41, 5.74) is 1.16. The van der Waals surface area contributed by atoms with Gasteiger partial charge in [0.1, 0.15) is 0 Å². The zero-order chi connectivity index (χ0) is 30.6. The van der Waals surface area contributed by atoms with Crippen LogP contribution in [0.3, 0.4) is 0 Å². The second kappa shape index (κ2) is 14.9. The summed E-state index contributed by atoms with van der Waals surface area (Å²) in [6, 6.07) is 9.17. The van der Waals surface area contributed by atoms with Gasteiger partial charge in [-0.1, -0.05) is 24.3 Å². The van der Waals surface area contributed by atoms with Gasteiger partial charge in [-0.3, -0.25) is 24.0 Å². The Balaban J connectivity index is 1.47. The number of aromatic hydroxyl groups is 1. The molecule has 0 spiro atoms. The SMILES string of the molecule is COc1cc(/C=C\C(=O)CC(=O)/C=C\c2ccc(OC(=O)CCCC(=O)ON3C(=O)CCC3=O)c(OC)c2)ccc1O. The Hall–Kier alpha value is -5.26. The highest BCUT2D eigenvalue weighted by atomic mass is 16.7. The molecule has 1 aliphatic heterocycles. The van der Waals surface area contributed by atoms with Crippen molar-refractivity contribution in [3.63, 3.8) is 0 Å². The van der Waals surface area contributed by atoms with Crippen molar-refractivity contribution in [2.45, 2.75) is 38.5 Å². The number of carbonyl (C=O) groups is 6. The molecule has 0 unspecified atom stereocenters. The van der Waals surface area contributed by atoms with E-state index in [0.29, 0.717) is 16.2 Å². The normalized spacial score (nSPS) is 13.0. The molecule has 12 nitrogen and oxygen atoms in total. The van der Waals surface area contributed by atoms with Crippen LogP contribution in [-0.4, -0.2) is 59.7 Å². The molecule has 0 bridgehead atoms. The fourth-order valence-electron chi connectivity index (χ4n) is 3.69. The molecule has 0 radical (unpaired) electrons. The molecule has 2 amide bonds. The van der Waals surface area contributed by atoms with Crippen molar-refractivity contribution in [1.29, 1.82) is 0 Å². The first kappa shape index (κ1) is 31.3. The van der Waals surface area contributed by atoms with Crippen LogP contribution in [0.1, 0.15) is 49.7 Å². The second-order valence-electron chi connectivity index (χ2n) is 8.99. The molecule has 220 valence electrons. The van der Waals surface area contributed by atoms with Crippen molar-refractivity contribution in [3.05, 3.63) is 59.7 Å². The molecular weight excluding hydrogens is 550 g/mol. The molecule has 0 saturated carbocycles. The van der Waals surface area contributed by atoms with E-state index in [1.165, 1.54) is 56.7 Å². The van der Waals surface area contributed by atoms with Crippen LogP contribution in [0.5, 0.6) is 23.0 Å². The van der Waals surface area contributed by atoms with Gasteiger partial charge >= 0.3 is 11.9 Å². The van der Waals surface area contributed by atoms with E-state index in [0.717, 1.165) is 0 Å². The number of nitrogens with zero attached hydrogens (tertiary/aromatic N) is 1. The highest BCUT2D eigenvalue weighted by Gasteiger charge is 2.32. The van der Waals surface area contributed by atoms with Gasteiger partial charge in [-0.25, -0.2) is 4.79 Å². The molecule has 1 aliphatic rings. The topological polar surface area (TPSA) is 163 Å². The molecule has 42 heavy (non-hydrogen) atoms. The number of phenolic OH excluding ortho intramolecular Hbond substituents is 1. The van der Waals surface area contributed by atoms with Gasteiger partial charge in [0.05, 0.1) is 20.6 Å². The van der Waals surface area contributed by atoms with Crippen LogP contribution in [0.4, 0.5) is 0 Å². The Bertz CT molecular complexity index is 1420. The number of esters is 1. The highest BCUT2D eigenvalue weighted by molar-refractivity contribution is 6.11. The quantitative estimate of drug-likeness (QED) is 0.115. The lowest BCUT2D eigenvalue weighted by Gasteiger charge is -2.12. The molecule has 1 fully saturated rings. The van der Waals surface area contributed by atoms with Gasteiger partial charge in [-0.15, -0.1) is 5.06 Å². The van der Waals surface area contributed by atoms with Crippen molar-refractivity contribution < 1.29 is 52.9 Å². The Morgan fingerprint density at radius 3 is 1.93 bits per heavy atom. The first-order valence-corrected chi connectivity index (χ1v) is 12.8. The molecule has 2 aromatic rings. The number of hydroxylamine groups is 2. The molecule has 0 aromatic heterocycles. The summed E-state index contributed by atoms with van der Waals surface area (Å²) in [6.45, 7) is 0. The summed E-state index contributed by atoms with van der Waals surface area (Å²) in [7, 11) is 2.78. The fraction of sp³-hybridized carbons (Fsp3) is 0.267. The Kier molecular flexibility index (Phi) is 11.1. The van der Waals surface area contributed by atoms with Crippen molar-refractivity contribution in [2.75, 3.05) is 14.2 Å². The summed E-state index contributed by atoms with van der Waals surface area (Å²) in [6.07, 6.45) is 4.86. The third kappa shape index (κ3) is 9.15. The Morgan fingerprint density at radius 1 is 0.786 bits per heavy atom. The summed E-state index contributed by atoms with van der Waals surface area (Å²) < 4.78 is 15.6.